The average molecular weight is 444 g/mol. The molecule has 170 valence electrons. The largest absolute Gasteiger partial charge is 0.445 e. The predicted molar refractivity (Wildman–Crippen MR) is 127 cm³/mol. The summed E-state index contributed by atoms with van der Waals surface area (Å²) >= 11 is 0. The van der Waals surface area contributed by atoms with Crippen LogP contribution in [0, 0.1) is 0 Å². The zero-order chi connectivity index (χ0) is 22.7. The quantitative estimate of drug-likeness (QED) is 0.439. The van der Waals surface area contributed by atoms with Crippen LogP contribution in [0.3, 0.4) is 0 Å². The van der Waals surface area contributed by atoms with E-state index in [1.54, 1.807) is 0 Å². The van der Waals surface area contributed by atoms with Crippen molar-refractivity contribution in [3.63, 3.8) is 0 Å². The van der Waals surface area contributed by atoms with E-state index in [1.165, 1.54) is 0 Å². The molecule has 0 saturated heterocycles. The Kier molecular flexibility index (Phi) is 9.74. The summed E-state index contributed by atoms with van der Waals surface area (Å²) in [6.45, 7) is 12.8. The van der Waals surface area contributed by atoms with Gasteiger partial charge in [0.25, 0.3) is 0 Å². The normalized spacial score (nSPS) is 12.9. The van der Waals surface area contributed by atoms with Crippen molar-refractivity contribution in [2.24, 2.45) is 0 Å². The van der Waals surface area contributed by atoms with Gasteiger partial charge in [-0.2, -0.15) is 0 Å². The molecule has 1 amide bonds. The number of ether oxygens (including phenoxy) is 2. The monoisotopic (exact) mass is 443 g/mol. The maximum Gasteiger partial charge on any atom is 0.407 e. The van der Waals surface area contributed by atoms with Crippen LogP contribution in [0.4, 0.5) is 4.79 Å². The molecule has 2 rings (SSSR count). The molecule has 0 aromatic heterocycles. The molecule has 2 aromatic carbocycles. The van der Waals surface area contributed by atoms with Crippen molar-refractivity contribution < 1.29 is 18.7 Å². The highest BCUT2D eigenvalue weighted by Gasteiger charge is 2.37. The average Bonchev–Trinajstić information content (AvgIpc) is 2.73. The lowest BCUT2D eigenvalue weighted by Crippen LogP contribution is -2.43. The summed E-state index contributed by atoms with van der Waals surface area (Å²) in [5.41, 5.74) is 2.06. The van der Waals surface area contributed by atoms with Gasteiger partial charge in [0.1, 0.15) is 6.61 Å². The van der Waals surface area contributed by atoms with Crippen LogP contribution in [0.15, 0.2) is 60.7 Å². The van der Waals surface area contributed by atoms with Gasteiger partial charge in [-0.05, 0) is 35.7 Å². The second kappa shape index (κ2) is 12.0. The topological polar surface area (TPSA) is 56.8 Å². The van der Waals surface area contributed by atoms with E-state index in [0.717, 1.165) is 11.1 Å². The van der Waals surface area contributed by atoms with Gasteiger partial charge in [-0.3, -0.25) is 0 Å². The SMILES string of the molecule is CC(C)(C)[Si](C)(C)OCC[C@@H](COCc1ccccc1)NC(=O)OCc1ccccc1. The van der Waals surface area contributed by atoms with Gasteiger partial charge >= 0.3 is 6.09 Å². The highest BCUT2D eigenvalue weighted by molar-refractivity contribution is 6.74. The number of hydrogen-bond acceptors (Lipinski definition) is 4. The van der Waals surface area contributed by atoms with Gasteiger partial charge in [0, 0.05) is 6.61 Å². The number of benzene rings is 2. The molecule has 31 heavy (non-hydrogen) atoms. The van der Waals surface area contributed by atoms with E-state index in [-0.39, 0.29) is 17.7 Å². The van der Waals surface area contributed by atoms with Crippen LogP contribution < -0.4 is 5.32 Å². The third-order valence-electron chi connectivity index (χ3n) is 5.70. The molecule has 1 N–H and O–H groups in total. The Morgan fingerprint density at radius 2 is 1.48 bits per heavy atom. The fourth-order valence-electron chi connectivity index (χ4n) is 2.69. The first-order valence-corrected chi connectivity index (χ1v) is 13.8. The van der Waals surface area contributed by atoms with Crippen molar-refractivity contribution >= 4 is 14.4 Å². The highest BCUT2D eigenvalue weighted by atomic mass is 28.4. The molecular formula is C25H37NO4Si. The minimum absolute atomic E-state index is 0.147. The molecule has 0 aliphatic carbocycles. The molecule has 0 fully saturated rings. The lowest BCUT2D eigenvalue weighted by Gasteiger charge is -2.36. The van der Waals surface area contributed by atoms with E-state index in [2.05, 4.69) is 39.2 Å². The van der Waals surface area contributed by atoms with Gasteiger partial charge < -0.3 is 19.2 Å². The fourth-order valence-corrected chi connectivity index (χ4v) is 3.76. The second-order valence-electron chi connectivity index (χ2n) is 9.30. The number of alkyl carbamates (subject to hydrolysis) is 1. The van der Waals surface area contributed by atoms with Crippen LogP contribution in [0.5, 0.6) is 0 Å². The third-order valence-corrected chi connectivity index (χ3v) is 10.2. The molecule has 0 aliphatic rings. The number of hydrogen-bond donors (Lipinski definition) is 1. The lowest BCUT2D eigenvalue weighted by molar-refractivity contribution is 0.0819. The van der Waals surface area contributed by atoms with E-state index in [4.69, 9.17) is 13.9 Å². The molecule has 0 spiro atoms. The van der Waals surface area contributed by atoms with Crippen molar-refractivity contribution in [3.05, 3.63) is 71.8 Å². The Hall–Kier alpha value is -2.15. The zero-order valence-corrected chi connectivity index (χ0v) is 20.5. The summed E-state index contributed by atoms with van der Waals surface area (Å²) < 4.78 is 17.6. The first-order chi connectivity index (χ1) is 14.7. The molecule has 6 heteroatoms. The van der Waals surface area contributed by atoms with Crippen molar-refractivity contribution in [1.29, 1.82) is 0 Å². The van der Waals surface area contributed by atoms with Crippen LogP contribution in [-0.2, 0) is 27.1 Å². The van der Waals surface area contributed by atoms with Gasteiger partial charge in [0.2, 0.25) is 0 Å². The molecule has 0 heterocycles. The van der Waals surface area contributed by atoms with Gasteiger partial charge in [-0.1, -0.05) is 81.4 Å². The minimum Gasteiger partial charge on any atom is -0.445 e. The van der Waals surface area contributed by atoms with Crippen molar-refractivity contribution in [2.75, 3.05) is 13.2 Å². The molecule has 0 radical (unpaired) electrons. The Morgan fingerprint density at radius 1 is 0.935 bits per heavy atom. The molecule has 0 bridgehead atoms. The molecular weight excluding hydrogens is 406 g/mol. The first-order valence-electron chi connectivity index (χ1n) is 10.9. The number of nitrogens with one attached hydrogen (secondary N) is 1. The highest BCUT2D eigenvalue weighted by Crippen LogP contribution is 2.36. The van der Waals surface area contributed by atoms with Gasteiger partial charge in [-0.25, -0.2) is 4.79 Å². The number of carbonyl (C=O) groups is 1. The van der Waals surface area contributed by atoms with Crippen LogP contribution in [0.25, 0.3) is 0 Å². The first kappa shape index (κ1) is 25.1. The van der Waals surface area contributed by atoms with Gasteiger partial charge in [0.05, 0.1) is 19.3 Å². The fraction of sp³-hybridized carbons (Fsp3) is 0.480. The summed E-state index contributed by atoms with van der Waals surface area (Å²) in [5.74, 6) is 0. The van der Waals surface area contributed by atoms with Crippen LogP contribution in [-0.4, -0.2) is 33.7 Å². The van der Waals surface area contributed by atoms with Crippen molar-refractivity contribution in [1.82, 2.24) is 5.32 Å². The summed E-state index contributed by atoms with van der Waals surface area (Å²) in [5, 5.41) is 3.09. The van der Waals surface area contributed by atoms with E-state index in [1.807, 2.05) is 60.7 Å². The minimum atomic E-state index is -1.84. The number of carbonyl (C=O) groups excluding carboxylic acids is 1. The lowest BCUT2D eigenvalue weighted by atomic mass is 10.2. The summed E-state index contributed by atoms with van der Waals surface area (Å²) in [4.78, 5) is 12.4. The molecule has 0 saturated carbocycles. The number of rotatable bonds is 11. The van der Waals surface area contributed by atoms with Gasteiger partial charge in [0.15, 0.2) is 8.32 Å². The molecule has 5 nitrogen and oxygen atoms in total. The number of amides is 1. The zero-order valence-electron chi connectivity index (χ0n) is 19.5. The maximum atomic E-state index is 12.4. The summed E-state index contributed by atoms with van der Waals surface area (Å²) in [7, 11) is -1.84. The Bertz CT molecular complexity index is 775. The Balaban J connectivity index is 1.86. The van der Waals surface area contributed by atoms with Crippen molar-refractivity contribution in [3.8, 4) is 0 Å². The molecule has 0 unspecified atom stereocenters. The van der Waals surface area contributed by atoms with Crippen LogP contribution in [0.1, 0.15) is 38.3 Å². The molecule has 1 atom stereocenters. The Morgan fingerprint density at radius 3 is 2.03 bits per heavy atom. The smallest absolute Gasteiger partial charge is 0.407 e. The third kappa shape index (κ3) is 9.25. The van der Waals surface area contributed by atoms with E-state index in [9.17, 15) is 4.79 Å². The molecule has 2 aromatic rings. The van der Waals surface area contributed by atoms with Crippen LogP contribution >= 0.6 is 0 Å². The van der Waals surface area contributed by atoms with E-state index in [0.29, 0.717) is 26.2 Å². The van der Waals surface area contributed by atoms with Gasteiger partial charge in [-0.15, -0.1) is 0 Å². The maximum absolute atomic E-state index is 12.4. The Labute approximate surface area is 188 Å². The summed E-state index contributed by atoms with van der Waals surface area (Å²) in [6, 6.07) is 19.5. The summed E-state index contributed by atoms with van der Waals surface area (Å²) in [6.07, 6.45) is 0.228. The predicted octanol–water partition coefficient (Wildman–Crippen LogP) is 5.91. The van der Waals surface area contributed by atoms with Crippen molar-refractivity contribution in [2.45, 2.75) is 64.6 Å². The van der Waals surface area contributed by atoms with E-state index < -0.39 is 14.4 Å². The standard InChI is InChI=1S/C25H37NO4Si/c1-25(2,3)31(4,5)30-17-16-23(20-28-18-21-12-8-6-9-13-21)26-24(27)29-19-22-14-10-7-11-15-22/h6-15,23H,16-20H2,1-5H3,(H,26,27)/t23-/m0/s1. The second-order valence-corrected chi connectivity index (χ2v) is 14.1. The van der Waals surface area contributed by atoms with E-state index >= 15 is 0 Å². The van der Waals surface area contributed by atoms with Crippen LogP contribution in [0.2, 0.25) is 18.1 Å². The molecule has 0 aliphatic heterocycles.